The molecule has 1 fully saturated rings. The molecular weight excluding hydrogens is 382 g/mol. The number of nitrogens with zero attached hydrogens (tertiary/aromatic N) is 2. The summed E-state index contributed by atoms with van der Waals surface area (Å²) >= 11 is 0. The molecule has 2 aliphatic heterocycles. The van der Waals surface area contributed by atoms with Gasteiger partial charge in [-0.1, -0.05) is 30.3 Å². The van der Waals surface area contributed by atoms with Crippen molar-refractivity contribution in [1.82, 2.24) is 9.80 Å². The first-order valence-electron chi connectivity index (χ1n) is 10.3. The third-order valence-corrected chi connectivity index (χ3v) is 5.58. The van der Waals surface area contributed by atoms with Gasteiger partial charge in [0, 0.05) is 31.9 Å². The van der Waals surface area contributed by atoms with E-state index in [0.717, 1.165) is 16.8 Å². The molecule has 0 aromatic heterocycles. The van der Waals surface area contributed by atoms with Gasteiger partial charge in [0.25, 0.3) is 5.91 Å². The number of carbonyl (C=O) groups is 2. The van der Waals surface area contributed by atoms with E-state index >= 15 is 0 Å². The van der Waals surface area contributed by atoms with E-state index < -0.39 is 6.10 Å². The highest BCUT2D eigenvalue weighted by atomic mass is 16.6. The molecule has 0 saturated carbocycles. The van der Waals surface area contributed by atoms with Gasteiger partial charge in [0.2, 0.25) is 12.0 Å². The number of piperazine rings is 1. The molecule has 30 heavy (non-hydrogen) atoms. The van der Waals surface area contributed by atoms with Crippen LogP contribution in [0.4, 0.5) is 5.69 Å². The minimum absolute atomic E-state index is 0.0344. The van der Waals surface area contributed by atoms with Crippen LogP contribution in [-0.2, 0) is 9.59 Å². The lowest BCUT2D eigenvalue weighted by molar-refractivity contribution is -0.143. The number of amides is 2. The molecule has 1 saturated heterocycles. The van der Waals surface area contributed by atoms with Crippen LogP contribution in [0.15, 0.2) is 42.5 Å². The monoisotopic (exact) mass is 409 g/mol. The number of hydrogen-bond donors (Lipinski definition) is 1. The Kier molecular flexibility index (Phi) is 5.90. The maximum Gasteiger partial charge on any atom is 0.267 e. The van der Waals surface area contributed by atoms with Crippen molar-refractivity contribution in [2.75, 3.05) is 44.6 Å². The standard InChI is InChI=1S/C23H27N3O4/c1-16-6-5-7-17(2)22(16)24-21(27)14-25-10-12-26(13-11-25)23(28)20-15-29-18-8-3-4-9-19(18)30-20/h3-9,20H,10-15H2,1-2H3,(H,24,27)/t20-/m0/s1. The summed E-state index contributed by atoms with van der Waals surface area (Å²) in [5.74, 6) is 1.17. The lowest BCUT2D eigenvalue weighted by Gasteiger charge is -2.36. The molecule has 7 nitrogen and oxygen atoms in total. The van der Waals surface area contributed by atoms with Gasteiger partial charge in [-0.2, -0.15) is 0 Å². The van der Waals surface area contributed by atoms with Crippen molar-refractivity contribution >= 4 is 17.5 Å². The number of nitrogens with one attached hydrogen (secondary N) is 1. The van der Waals surface area contributed by atoms with Crippen LogP contribution in [0.25, 0.3) is 0 Å². The molecule has 1 atom stereocenters. The van der Waals surface area contributed by atoms with Crippen LogP contribution in [0.3, 0.4) is 0 Å². The van der Waals surface area contributed by atoms with E-state index in [1.54, 1.807) is 4.90 Å². The molecule has 4 rings (SSSR count). The quantitative estimate of drug-likeness (QED) is 0.839. The first kappa shape index (κ1) is 20.2. The molecule has 7 heteroatoms. The molecule has 0 unspecified atom stereocenters. The first-order chi connectivity index (χ1) is 14.5. The lowest BCUT2D eigenvalue weighted by Crippen LogP contribution is -2.54. The summed E-state index contributed by atoms with van der Waals surface area (Å²) in [6, 6.07) is 13.3. The van der Waals surface area contributed by atoms with Crippen molar-refractivity contribution in [2.24, 2.45) is 0 Å². The van der Waals surface area contributed by atoms with Gasteiger partial charge in [-0.3, -0.25) is 14.5 Å². The van der Waals surface area contributed by atoms with Gasteiger partial charge >= 0.3 is 0 Å². The van der Waals surface area contributed by atoms with Crippen molar-refractivity contribution in [1.29, 1.82) is 0 Å². The highest BCUT2D eigenvalue weighted by molar-refractivity contribution is 5.93. The normalized spacial score (nSPS) is 18.7. The van der Waals surface area contributed by atoms with Crippen LogP contribution in [0.1, 0.15) is 11.1 Å². The smallest absolute Gasteiger partial charge is 0.267 e. The summed E-state index contributed by atoms with van der Waals surface area (Å²) in [4.78, 5) is 29.2. The number of rotatable bonds is 4. The molecule has 0 aliphatic carbocycles. The molecular formula is C23H27N3O4. The third-order valence-electron chi connectivity index (χ3n) is 5.58. The van der Waals surface area contributed by atoms with Crippen molar-refractivity contribution < 1.29 is 19.1 Å². The van der Waals surface area contributed by atoms with E-state index in [1.165, 1.54) is 0 Å². The lowest BCUT2D eigenvalue weighted by atomic mass is 10.1. The van der Waals surface area contributed by atoms with Crippen molar-refractivity contribution in [3.8, 4) is 11.5 Å². The number of para-hydroxylation sites is 3. The maximum atomic E-state index is 12.8. The van der Waals surface area contributed by atoms with Crippen LogP contribution in [-0.4, -0.2) is 67.0 Å². The predicted octanol–water partition coefficient (Wildman–Crippen LogP) is 2.23. The van der Waals surface area contributed by atoms with Crippen molar-refractivity contribution in [3.05, 3.63) is 53.6 Å². The van der Waals surface area contributed by atoms with Crippen LogP contribution in [0.2, 0.25) is 0 Å². The van der Waals surface area contributed by atoms with E-state index in [9.17, 15) is 9.59 Å². The Morgan fingerprint density at radius 3 is 2.33 bits per heavy atom. The zero-order chi connectivity index (χ0) is 21.1. The van der Waals surface area contributed by atoms with Gasteiger partial charge in [0.15, 0.2) is 11.5 Å². The Morgan fingerprint density at radius 1 is 0.967 bits per heavy atom. The Bertz CT molecular complexity index is 918. The molecule has 2 heterocycles. The third kappa shape index (κ3) is 4.41. The number of hydrogen-bond acceptors (Lipinski definition) is 5. The topological polar surface area (TPSA) is 71.1 Å². The van der Waals surface area contributed by atoms with Gasteiger partial charge < -0.3 is 19.7 Å². The summed E-state index contributed by atoms with van der Waals surface area (Å²) < 4.78 is 11.5. The Morgan fingerprint density at radius 2 is 1.63 bits per heavy atom. The van der Waals surface area contributed by atoms with Crippen LogP contribution in [0, 0.1) is 13.8 Å². The largest absolute Gasteiger partial charge is 0.485 e. The van der Waals surface area contributed by atoms with Gasteiger partial charge in [-0.25, -0.2) is 0 Å². The Balaban J connectivity index is 1.27. The van der Waals surface area contributed by atoms with Gasteiger partial charge in [-0.05, 0) is 37.1 Å². The molecule has 0 bridgehead atoms. The second-order valence-corrected chi connectivity index (χ2v) is 7.78. The second-order valence-electron chi connectivity index (χ2n) is 7.78. The van der Waals surface area contributed by atoms with E-state index in [4.69, 9.17) is 9.47 Å². The first-order valence-corrected chi connectivity index (χ1v) is 10.3. The molecule has 1 N–H and O–H groups in total. The number of benzene rings is 2. The predicted molar refractivity (Wildman–Crippen MR) is 114 cm³/mol. The Labute approximate surface area is 176 Å². The zero-order valence-corrected chi connectivity index (χ0v) is 17.4. The highest BCUT2D eigenvalue weighted by Gasteiger charge is 2.32. The summed E-state index contributed by atoms with van der Waals surface area (Å²) in [6.45, 7) is 6.94. The molecule has 158 valence electrons. The summed E-state index contributed by atoms with van der Waals surface area (Å²) in [6.07, 6.45) is -0.626. The van der Waals surface area contributed by atoms with Crippen LogP contribution < -0.4 is 14.8 Å². The van der Waals surface area contributed by atoms with Gasteiger partial charge in [0.1, 0.15) is 6.61 Å². The summed E-state index contributed by atoms with van der Waals surface area (Å²) in [5.41, 5.74) is 2.98. The molecule has 2 aromatic carbocycles. The highest BCUT2D eigenvalue weighted by Crippen LogP contribution is 2.31. The van der Waals surface area contributed by atoms with Crippen LogP contribution >= 0.6 is 0 Å². The molecule has 0 radical (unpaired) electrons. The van der Waals surface area contributed by atoms with Crippen molar-refractivity contribution in [3.63, 3.8) is 0 Å². The van der Waals surface area contributed by atoms with Crippen LogP contribution in [0.5, 0.6) is 11.5 Å². The van der Waals surface area contributed by atoms with E-state index in [0.29, 0.717) is 44.2 Å². The van der Waals surface area contributed by atoms with E-state index in [2.05, 4.69) is 10.2 Å². The zero-order valence-electron chi connectivity index (χ0n) is 17.4. The summed E-state index contributed by atoms with van der Waals surface area (Å²) in [5, 5.41) is 3.02. The molecule has 2 amide bonds. The fourth-order valence-corrected chi connectivity index (χ4v) is 3.86. The minimum Gasteiger partial charge on any atom is -0.485 e. The van der Waals surface area contributed by atoms with Crippen molar-refractivity contribution in [2.45, 2.75) is 20.0 Å². The second kappa shape index (κ2) is 8.75. The fraction of sp³-hybridized carbons (Fsp3) is 0.391. The number of anilines is 1. The van der Waals surface area contributed by atoms with Gasteiger partial charge in [-0.15, -0.1) is 0 Å². The summed E-state index contributed by atoms with van der Waals surface area (Å²) in [7, 11) is 0. The maximum absolute atomic E-state index is 12.8. The van der Waals surface area contributed by atoms with E-state index in [1.807, 2.05) is 56.3 Å². The molecule has 0 spiro atoms. The number of aryl methyl sites for hydroxylation is 2. The minimum atomic E-state index is -0.626. The number of ether oxygens (including phenoxy) is 2. The molecule has 2 aliphatic rings. The number of fused-ring (bicyclic) bond motifs is 1. The molecule has 2 aromatic rings. The van der Waals surface area contributed by atoms with E-state index in [-0.39, 0.29) is 18.4 Å². The van der Waals surface area contributed by atoms with Gasteiger partial charge in [0.05, 0.1) is 6.54 Å². The average Bonchev–Trinajstić information content (AvgIpc) is 2.76. The Hall–Kier alpha value is -3.06. The fourth-order valence-electron chi connectivity index (χ4n) is 3.86. The average molecular weight is 409 g/mol. The SMILES string of the molecule is Cc1cccc(C)c1NC(=O)CN1CCN(C(=O)[C@@H]2COc3ccccc3O2)CC1. The number of carbonyl (C=O) groups excluding carboxylic acids is 2.